The van der Waals surface area contributed by atoms with Crippen LogP contribution in [0.15, 0.2) is 36.4 Å². The molecule has 1 fully saturated rings. The smallest absolute Gasteiger partial charge is 0.167 e. The maximum Gasteiger partial charge on any atom is 0.167 e. The summed E-state index contributed by atoms with van der Waals surface area (Å²) in [4.78, 5) is 2.24. The molecule has 0 spiro atoms. The fourth-order valence-electron chi connectivity index (χ4n) is 4.79. The number of aliphatic hydroxyl groups is 1. The molecule has 2 heterocycles. The quantitative estimate of drug-likeness (QED) is 0.666. The van der Waals surface area contributed by atoms with Gasteiger partial charge in [0.2, 0.25) is 0 Å². The minimum absolute atomic E-state index is 0.0204. The van der Waals surface area contributed by atoms with Crippen LogP contribution in [0.25, 0.3) is 5.69 Å². The maximum atomic E-state index is 15.1. The first kappa shape index (κ1) is 20.4. The minimum atomic E-state index is -0.444. The molecule has 1 N–H and O–H groups in total. The zero-order chi connectivity index (χ0) is 21.7. The van der Waals surface area contributed by atoms with Crippen LogP contribution in [0.2, 0.25) is 5.02 Å². The molecular weight excluding hydrogens is 419 g/mol. The van der Waals surface area contributed by atoms with Crippen LogP contribution in [0, 0.1) is 19.7 Å². The Morgan fingerprint density at radius 2 is 1.90 bits per heavy atom. The van der Waals surface area contributed by atoms with Gasteiger partial charge in [0.15, 0.2) is 11.6 Å². The van der Waals surface area contributed by atoms with Gasteiger partial charge in [0.25, 0.3) is 0 Å². The van der Waals surface area contributed by atoms with Crippen molar-refractivity contribution in [2.24, 2.45) is 0 Å². The summed E-state index contributed by atoms with van der Waals surface area (Å²) in [7, 11) is 0. The molecule has 1 aliphatic heterocycles. The number of aromatic nitrogens is 3. The van der Waals surface area contributed by atoms with Crippen LogP contribution in [0.3, 0.4) is 0 Å². The van der Waals surface area contributed by atoms with E-state index in [0.717, 1.165) is 30.5 Å². The van der Waals surface area contributed by atoms with Gasteiger partial charge in [-0.2, -0.15) is 0 Å². The van der Waals surface area contributed by atoms with Crippen LogP contribution in [0.5, 0.6) is 5.75 Å². The van der Waals surface area contributed by atoms with Crippen LogP contribution in [0.4, 0.5) is 4.39 Å². The number of halogens is 2. The highest BCUT2D eigenvalue weighted by molar-refractivity contribution is 6.30. The van der Waals surface area contributed by atoms with Gasteiger partial charge < -0.3 is 9.84 Å². The van der Waals surface area contributed by atoms with Gasteiger partial charge in [-0.3, -0.25) is 9.47 Å². The summed E-state index contributed by atoms with van der Waals surface area (Å²) < 4.78 is 23.2. The SMILES string of the molecule is Cc1nnc(C)n1-c1ccc(O[C@H]2c3cc(Cl)ccc3C[C@@H]2N2CCC(O)C2)c(F)c1. The Kier molecular flexibility index (Phi) is 5.20. The van der Waals surface area contributed by atoms with Gasteiger partial charge in [-0.1, -0.05) is 17.7 Å². The number of hydrogen-bond donors (Lipinski definition) is 1. The molecule has 3 aromatic rings. The van der Waals surface area contributed by atoms with Crippen LogP contribution >= 0.6 is 11.6 Å². The number of rotatable bonds is 4. The fourth-order valence-corrected chi connectivity index (χ4v) is 4.97. The first-order valence-electron chi connectivity index (χ1n) is 10.5. The van der Waals surface area contributed by atoms with Gasteiger partial charge >= 0.3 is 0 Å². The van der Waals surface area contributed by atoms with Crippen molar-refractivity contribution in [1.82, 2.24) is 19.7 Å². The van der Waals surface area contributed by atoms with Crippen molar-refractivity contribution in [2.75, 3.05) is 13.1 Å². The molecule has 8 heteroatoms. The van der Waals surface area contributed by atoms with Crippen LogP contribution in [-0.4, -0.2) is 50.0 Å². The van der Waals surface area contributed by atoms with Gasteiger partial charge in [-0.05, 0) is 62.1 Å². The number of nitrogens with zero attached hydrogens (tertiary/aromatic N) is 4. The Morgan fingerprint density at radius 1 is 1.13 bits per heavy atom. The van der Waals surface area contributed by atoms with Crippen LogP contribution in [0.1, 0.15) is 35.3 Å². The Bertz CT molecular complexity index is 1120. The number of likely N-dealkylation sites (tertiary alicyclic amines) is 1. The molecule has 3 atom stereocenters. The summed E-state index contributed by atoms with van der Waals surface area (Å²) in [5, 5.41) is 18.7. The predicted octanol–water partition coefficient (Wildman–Crippen LogP) is 3.79. The second kappa shape index (κ2) is 7.89. The summed E-state index contributed by atoms with van der Waals surface area (Å²) in [6, 6.07) is 10.7. The Morgan fingerprint density at radius 3 is 2.58 bits per heavy atom. The largest absolute Gasteiger partial charge is 0.481 e. The molecular formula is C23H24ClFN4O2. The third kappa shape index (κ3) is 3.71. The van der Waals surface area contributed by atoms with E-state index in [-0.39, 0.29) is 24.0 Å². The molecule has 1 aliphatic carbocycles. The fraction of sp³-hybridized carbons (Fsp3) is 0.391. The monoisotopic (exact) mass is 442 g/mol. The molecule has 2 aromatic carbocycles. The molecule has 0 radical (unpaired) electrons. The number of fused-ring (bicyclic) bond motifs is 1. The van der Waals surface area contributed by atoms with E-state index in [1.807, 2.05) is 38.1 Å². The number of ether oxygens (including phenoxy) is 1. The lowest BCUT2D eigenvalue weighted by Crippen LogP contribution is -2.39. The normalized spacial score (nSPS) is 23.3. The Labute approximate surface area is 185 Å². The first-order chi connectivity index (χ1) is 14.9. The summed E-state index contributed by atoms with van der Waals surface area (Å²) >= 11 is 6.26. The number of aryl methyl sites for hydroxylation is 2. The average Bonchev–Trinajstić information content (AvgIpc) is 3.41. The summed E-state index contributed by atoms with van der Waals surface area (Å²) in [6.07, 6.45) is 0.820. The molecule has 0 saturated carbocycles. The topological polar surface area (TPSA) is 63.4 Å². The first-order valence-corrected chi connectivity index (χ1v) is 10.8. The van der Waals surface area contributed by atoms with Crippen LogP contribution in [-0.2, 0) is 6.42 Å². The van der Waals surface area contributed by atoms with Crippen molar-refractivity contribution in [3.05, 3.63) is 70.0 Å². The highest BCUT2D eigenvalue weighted by Crippen LogP contribution is 2.41. The number of benzene rings is 2. The lowest BCUT2D eigenvalue weighted by molar-refractivity contribution is 0.0790. The highest BCUT2D eigenvalue weighted by atomic mass is 35.5. The zero-order valence-electron chi connectivity index (χ0n) is 17.4. The molecule has 1 saturated heterocycles. The molecule has 0 bridgehead atoms. The van der Waals surface area contributed by atoms with Gasteiger partial charge in [0, 0.05) is 24.2 Å². The summed E-state index contributed by atoms with van der Waals surface area (Å²) in [6.45, 7) is 5.05. The van der Waals surface area contributed by atoms with E-state index in [0.29, 0.717) is 28.9 Å². The van der Waals surface area contributed by atoms with Crippen molar-refractivity contribution in [1.29, 1.82) is 0 Å². The van der Waals surface area contributed by atoms with Crippen LogP contribution < -0.4 is 4.74 Å². The summed E-state index contributed by atoms with van der Waals surface area (Å²) in [5.74, 6) is 1.13. The third-order valence-electron chi connectivity index (χ3n) is 6.27. The van der Waals surface area contributed by atoms with E-state index in [4.69, 9.17) is 16.3 Å². The maximum absolute atomic E-state index is 15.1. The Balaban J connectivity index is 1.47. The van der Waals surface area contributed by atoms with Gasteiger partial charge in [0.05, 0.1) is 17.8 Å². The van der Waals surface area contributed by atoms with E-state index in [2.05, 4.69) is 15.1 Å². The van der Waals surface area contributed by atoms with Crippen molar-refractivity contribution >= 4 is 11.6 Å². The Hall–Kier alpha value is -2.48. The summed E-state index contributed by atoms with van der Waals surface area (Å²) in [5.41, 5.74) is 2.78. The third-order valence-corrected chi connectivity index (χ3v) is 6.51. The molecule has 0 amide bonds. The molecule has 1 aromatic heterocycles. The minimum Gasteiger partial charge on any atom is -0.481 e. The lowest BCUT2D eigenvalue weighted by atomic mass is 10.1. The van der Waals surface area contributed by atoms with E-state index < -0.39 is 5.82 Å². The molecule has 2 aliphatic rings. The molecule has 5 rings (SSSR count). The van der Waals surface area contributed by atoms with Crippen molar-refractivity contribution < 1.29 is 14.2 Å². The van der Waals surface area contributed by atoms with Crippen molar-refractivity contribution in [3.8, 4) is 11.4 Å². The van der Waals surface area contributed by atoms with E-state index in [9.17, 15) is 5.11 Å². The van der Waals surface area contributed by atoms with Crippen molar-refractivity contribution in [2.45, 2.75) is 44.9 Å². The molecule has 31 heavy (non-hydrogen) atoms. The van der Waals surface area contributed by atoms with E-state index >= 15 is 4.39 Å². The molecule has 6 nitrogen and oxygen atoms in total. The number of β-amino-alcohol motifs (C(OH)–C–C–N with tert-alkyl or cyclic N) is 1. The average molecular weight is 443 g/mol. The van der Waals surface area contributed by atoms with E-state index in [1.54, 1.807) is 10.6 Å². The predicted molar refractivity (Wildman–Crippen MR) is 115 cm³/mol. The van der Waals surface area contributed by atoms with Crippen molar-refractivity contribution in [3.63, 3.8) is 0 Å². The van der Waals surface area contributed by atoms with E-state index in [1.165, 1.54) is 6.07 Å². The zero-order valence-corrected chi connectivity index (χ0v) is 18.2. The number of aliphatic hydroxyl groups excluding tert-OH is 1. The number of hydrogen-bond acceptors (Lipinski definition) is 5. The molecule has 1 unspecified atom stereocenters. The molecule has 162 valence electrons. The highest BCUT2D eigenvalue weighted by Gasteiger charge is 2.40. The lowest BCUT2D eigenvalue weighted by Gasteiger charge is -2.30. The second-order valence-electron chi connectivity index (χ2n) is 8.34. The van der Waals surface area contributed by atoms with Gasteiger partial charge in [-0.15, -0.1) is 10.2 Å². The van der Waals surface area contributed by atoms with Gasteiger partial charge in [-0.25, -0.2) is 4.39 Å². The van der Waals surface area contributed by atoms with Gasteiger partial charge in [0.1, 0.15) is 17.8 Å². The second-order valence-corrected chi connectivity index (χ2v) is 8.77. The standard InChI is InChI=1S/C23H24ClFN4O2/c1-13-26-27-14(2)29(13)17-5-6-22(20(25)11-17)31-23-19-10-16(24)4-3-15(19)9-21(23)28-8-7-18(30)12-28/h3-6,10-11,18,21,23,30H,7-9,12H2,1-2H3/t18?,21-,23-/m0/s1.